The summed E-state index contributed by atoms with van der Waals surface area (Å²) in [5.41, 5.74) is 0.256. The summed E-state index contributed by atoms with van der Waals surface area (Å²) in [7, 11) is 0. The summed E-state index contributed by atoms with van der Waals surface area (Å²) in [6.45, 7) is 3.66. The number of aryl methyl sites for hydroxylation is 1. The molecule has 0 fully saturated rings. The Kier molecular flexibility index (Phi) is 2.57. The van der Waals surface area contributed by atoms with E-state index in [-0.39, 0.29) is 11.5 Å². The minimum absolute atomic E-state index is 0.0303. The zero-order chi connectivity index (χ0) is 11.2. The van der Waals surface area contributed by atoms with Crippen LogP contribution in [-0.4, -0.2) is 0 Å². The molecule has 0 radical (unpaired) electrons. The van der Waals surface area contributed by atoms with E-state index in [1.165, 1.54) is 11.3 Å². The Hall–Kier alpha value is -0.510. The second-order valence-corrected chi connectivity index (χ2v) is 5.39. The molecule has 1 aliphatic rings. The molecule has 2 rings (SSSR count). The quantitative estimate of drug-likeness (QED) is 0.676. The third-order valence-electron chi connectivity index (χ3n) is 2.76. The Morgan fingerprint density at radius 3 is 2.40 bits per heavy atom. The van der Waals surface area contributed by atoms with Crippen LogP contribution in [0.4, 0.5) is 13.2 Å². The minimum atomic E-state index is -4.17. The third-order valence-corrected chi connectivity index (χ3v) is 4.35. The lowest BCUT2D eigenvalue weighted by Crippen LogP contribution is -2.10. The molecular weight excluding hydrogens is 221 g/mol. The van der Waals surface area contributed by atoms with Gasteiger partial charge in [0.15, 0.2) is 0 Å². The molecule has 0 aliphatic heterocycles. The van der Waals surface area contributed by atoms with Crippen LogP contribution in [0.2, 0.25) is 0 Å². The van der Waals surface area contributed by atoms with Gasteiger partial charge in [0, 0.05) is 9.75 Å². The lowest BCUT2D eigenvalue weighted by molar-refractivity contribution is -0.138. The van der Waals surface area contributed by atoms with Gasteiger partial charge < -0.3 is 0 Å². The van der Waals surface area contributed by atoms with Gasteiger partial charge in [-0.25, -0.2) is 0 Å². The van der Waals surface area contributed by atoms with Gasteiger partial charge in [0.25, 0.3) is 0 Å². The van der Waals surface area contributed by atoms with Gasteiger partial charge in [-0.1, -0.05) is 13.8 Å². The van der Waals surface area contributed by atoms with E-state index >= 15 is 0 Å². The fraction of sp³-hybridized carbons (Fsp3) is 0.636. The van der Waals surface area contributed by atoms with Crippen LogP contribution < -0.4 is 0 Å². The first-order valence-corrected chi connectivity index (χ1v) is 5.94. The highest BCUT2D eigenvalue weighted by Gasteiger charge is 2.40. The Balaban J connectivity index is 2.58. The Labute approximate surface area is 91.1 Å². The predicted octanol–water partition coefficient (Wildman–Crippen LogP) is 4.38. The number of hydrogen-bond acceptors (Lipinski definition) is 1. The molecule has 1 heterocycles. The van der Waals surface area contributed by atoms with Crippen LogP contribution in [0.5, 0.6) is 0 Å². The summed E-state index contributed by atoms with van der Waals surface area (Å²) in [6, 6.07) is 0. The molecule has 0 aromatic carbocycles. The van der Waals surface area contributed by atoms with E-state index in [0.717, 1.165) is 17.7 Å². The average Bonchev–Trinajstić information content (AvgIpc) is 2.56. The Bertz CT molecular complexity index is 374. The zero-order valence-corrected chi connectivity index (χ0v) is 9.56. The zero-order valence-electron chi connectivity index (χ0n) is 8.74. The summed E-state index contributed by atoms with van der Waals surface area (Å²) in [4.78, 5) is 1.48. The average molecular weight is 234 g/mol. The summed E-state index contributed by atoms with van der Waals surface area (Å²) < 4.78 is 38.7. The number of thiophene rings is 1. The molecule has 0 unspecified atom stereocenters. The maximum atomic E-state index is 12.9. The molecule has 0 N–H and O–H groups in total. The summed E-state index contributed by atoms with van der Waals surface area (Å²) in [5.74, 6) is -0.0303. The molecule has 0 bridgehead atoms. The predicted molar refractivity (Wildman–Crippen MR) is 55.4 cm³/mol. The van der Waals surface area contributed by atoms with Gasteiger partial charge in [0.2, 0.25) is 0 Å². The third kappa shape index (κ3) is 1.80. The van der Waals surface area contributed by atoms with Crippen LogP contribution in [0.3, 0.4) is 0 Å². The van der Waals surface area contributed by atoms with Gasteiger partial charge in [-0.3, -0.25) is 0 Å². The molecule has 0 atom stereocenters. The number of fused-ring (bicyclic) bond motifs is 1. The van der Waals surface area contributed by atoms with Gasteiger partial charge in [-0.15, -0.1) is 11.3 Å². The van der Waals surface area contributed by atoms with Gasteiger partial charge in [0.1, 0.15) is 0 Å². The molecule has 15 heavy (non-hydrogen) atoms. The van der Waals surface area contributed by atoms with E-state index < -0.39 is 6.18 Å². The summed E-state index contributed by atoms with van der Waals surface area (Å²) >= 11 is 1.36. The van der Waals surface area contributed by atoms with Crippen molar-refractivity contribution in [2.45, 2.75) is 45.2 Å². The fourth-order valence-electron chi connectivity index (χ4n) is 2.14. The topological polar surface area (TPSA) is 0 Å². The summed E-state index contributed by atoms with van der Waals surface area (Å²) in [5, 5.41) is 0. The van der Waals surface area contributed by atoms with E-state index in [1.54, 1.807) is 0 Å². The standard InChI is InChI=1S/C11H13F3S/c1-6(2)10-9(11(12,13)14)7-4-3-5-8(7)15-10/h6H,3-5H2,1-2H3. The van der Waals surface area contributed by atoms with E-state index in [4.69, 9.17) is 0 Å². The van der Waals surface area contributed by atoms with Crippen LogP contribution >= 0.6 is 11.3 Å². The van der Waals surface area contributed by atoms with Crippen molar-refractivity contribution in [1.82, 2.24) is 0 Å². The first-order chi connectivity index (χ1) is 6.91. The smallest absolute Gasteiger partial charge is 0.166 e. The summed E-state index contributed by atoms with van der Waals surface area (Å²) in [6.07, 6.45) is -1.86. The van der Waals surface area contributed by atoms with Crippen LogP contribution in [0, 0.1) is 0 Å². The van der Waals surface area contributed by atoms with E-state index in [1.807, 2.05) is 13.8 Å². The number of halogens is 3. The van der Waals surface area contributed by atoms with Crippen molar-refractivity contribution in [3.8, 4) is 0 Å². The van der Waals surface area contributed by atoms with E-state index in [0.29, 0.717) is 16.9 Å². The molecule has 4 heteroatoms. The van der Waals surface area contributed by atoms with Crippen LogP contribution in [0.1, 0.15) is 47.1 Å². The fourth-order valence-corrected chi connectivity index (χ4v) is 3.56. The second-order valence-electron chi connectivity index (χ2n) is 4.25. The van der Waals surface area contributed by atoms with Crippen molar-refractivity contribution in [2.24, 2.45) is 0 Å². The Morgan fingerprint density at radius 1 is 1.20 bits per heavy atom. The van der Waals surface area contributed by atoms with Crippen molar-refractivity contribution >= 4 is 11.3 Å². The minimum Gasteiger partial charge on any atom is -0.166 e. The van der Waals surface area contributed by atoms with E-state index in [2.05, 4.69) is 0 Å². The van der Waals surface area contributed by atoms with Crippen LogP contribution in [0.15, 0.2) is 0 Å². The van der Waals surface area contributed by atoms with Crippen LogP contribution in [0.25, 0.3) is 0 Å². The van der Waals surface area contributed by atoms with Crippen molar-refractivity contribution in [3.63, 3.8) is 0 Å². The first kappa shape index (κ1) is 11.0. The maximum Gasteiger partial charge on any atom is 0.417 e. The van der Waals surface area contributed by atoms with Crippen LogP contribution in [-0.2, 0) is 19.0 Å². The molecule has 0 saturated heterocycles. The first-order valence-electron chi connectivity index (χ1n) is 5.13. The lowest BCUT2D eigenvalue weighted by atomic mass is 10.0. The second kappa shape index (κ2) is 3.51. The van der Waals surface area contributed by atoms with Gasteiger partial charge in [-0.05, 0) is 30.7 Å². The molecule has 0 nitrogen and oxygen atoms in total. The molecule has 1 aromatic rings. The molecular formula is C11H13F3S. The van der Waals surface area contributed by atoms with Crippen molar-refractivity contribution in [1.29, 1.82) is 0 Å². The van der Waals surface area contributed by atoms with Gasteiger partial charge in [0.05, 0.1) is 5.56 Å². The molecule has 0 spiro atoms. The number of alkyl halides is 3. The molecule has 1 aromatic heterocycles. The largest absolute Gasteiger partial charge is 0.417 e. The van der Waals surface area contributed by atoms with E-state index in [9.17, 15) is 13.2 Å². The number of hydrogen-bond donors (Lipinski definition) is 0. The normalized spacial score (nSPS) is 16.1. The van der Waals surface area contributed by atoms with Crippen molar-refractivity contribution < 1.29 is 13.2 Å². The molecule has 84 valence electrons. The molecule has 1 aliphatic carbocycles. The van der Waals surface area contributed by atoms with Gasteiger partial charge >= 0.3 is 6.18 Å². The highest BCUT2D eigenvalue weighted by Crippen LogP contribution is 2.46. The van der Waals surface area contributed by atoms with Gasteiger partial charge in [-0.2, -0.15) is 13.2 Å². The highest BCUT2D eigenvalue weighted by molar-refractivity contribution is 7.12. The monoisotopic (exact) mass is 234 g/mol. The maximum absolute atomic E-state index is 12.9. The number of rotatable bonds is 1. The highest BCUT2D eigenvalue weighted by atomic mass is 32.1. The SMILES string of the molecule is CC(C)c1sc2c(c1C(F)(F)F)CCC2. The lowest BCUT2D eigenvalue weighted by Gasteiger charge is -2.12. The molecule has 0 amide bonds. The molecule has 0 saturated carbocycles. The van der Waals surface area contributed by atoms with Crippen molar-refractivity contribution in [2.75, 3.05) is 0 Å². The Morgan fingerprint density at radius 2 is 1.87 bits per heavy atom. The van der Waals surface area contributed by atoms with Crippen molar-refractivity contribution in [3.05, 3.63) is 20.9 Å².